The van der Waals surface area contributed by atoms with Crippen LogP contribution in [0.15, 0.2) is 27.6 Å². The van der Waals surface area contributed by atoms with Crippen molar-refractivity contribution >= 4 is 27.0 Å². The van der Waals surface area contributed by atoms with Crippen molar-refractivity contribution < 1.29 is 0 Å². The molecule has 0 aliphatic rings. The molecule has 0 radical (unpaired) electrons. The van der Waals surface area contributed by atoms with Gasteiger partial charge in [-0.15, -0.1) is 0 Å². The van der Waals surface area contributed by atoms with Crippen LogP contribution in [-0.4, -0.2) is 35.1 Å². The normalized spacial score (nSPS) is 12.3. The summed E-state index contributed by atoms with van der Waals surface area (Å²) in [5, 5.41) is 0.663. The summed E-state index contributed by atoms with van der Waals surface area (Å²) in [5.41, 5.74) is 1.72. The summed E-state index contributed by atoms with van der Waals surface area (Å²) in [5.74, 6) is 0. The highest BCUT2D eigenvalue weighted by Gasteiger charge is 2.21. The van der Waals surface area contributed by atoms with Gasteiger partial charge in [-0.3, -0.25) is 4.79 Å². The molecule has 114 valence electrons. The first-order chi connectivity index (χ1) is 9.70. The van der Waals surface area contributed by atoms with Crippen LogP contribution in [0.3, 0.4) is 0 Å². The van der Waals surface area contributed by atoms with Crippen molar-refractivity contribution in [2.45, 2.75) is 32.7 Å². The highest BCUT2D eigenvalue weighted by atomic mass is 79.9. The number of hydrogen-bond acceptors (Lipinski definition) is 3. The van der Waals surface area contributed by atoms with Gasteiger partial charge in [-0.05, 0) is 36.1 Å². The number of aromatic nitrogens is 2. The van der Waals surface area contributed by atoms with E-state index in [4.69, 9.17) is 0 Å². The van der Waals surface area contributed by atoms with E-state index in [1.165, 1.54) is 0 Å². The van der Waals surface area contributed by atoms with Gasteiger partial charge in [-0.25, -0.2) is 4.98 Å². The van der Waals surface area contributed by atoms with Crippen molar-refractivity contribution in [2.24, 2.45) is 0 Å². The maximum absolute atomic E-state index is 12.4. The van der Waals surface area contributed by atoms with Crippen LogP contribution in [0.1, 0.15) is 26.5 Å². The van der Waals surface area contributed by atoms with E-state index in [1.54, 1.807) is 12.3 Å². The lowest BCUT2D eigenvalue weighted by Crippen LogP contribution is -2.28. The van der Waals surface area contributed by atoms with E-state index in [0.29, 0.717) is 5.39 Å². The van der Waals surface area contributed by atoms with E-state index >= 15 is 0 Å². The van der Waals surface area contributed by atoms with E-state index in [1.807, 2.05) is 20.2 Å². The molecule has 0 fully saturated rings. The summed E-state index contributed by atoms with van der Waals surface area (Å²) >= 11 is 3.39. The van der Waals surface area contributed by atoms with Gasteiger partial charge in [-0.1, -0.05) is 20.8 Å². The van der Waals surface area contributed by atoms with Crippen LogP contribution < -0.4 is 5.43 Å². The molecule has 5 heteroatoms. The average molecular weight is 352 g/mol. The van der Waals surface area contributed by atoms with Gasteiger partial charge in [0.2, 0.25) is 0 Å². The van der Waals surface area contributed by atoms with Crippen molar-refractivity contribution in [1.82, 2.24) is 14.5 Å². The zero-order valence-electron chi connectivity index (χ0n) is 13.3. The van der Waals surface area contributed by atoms with Gasteiger partial charge < -0.3 is 9.47 Å². The number of halogens is 1. The second-order valence-corrected chi connectivity index (χ2v) is 7.54. The Morgan fingerprint density at radius 2 is 1.95 bits per heavy atom. The summed E-state index contributed by atoms with van der Waals surface area (Å²) < 4.78 is 3.00. The third-order valence-electron chi connectivity index (χ3n) is 3.45. The molecule has 0 amide bonds. The predicted octanol–water partition coefficient (Wildman–Crippen LogP) is 3.02. The number of hydrogen-bond donors (Lipinski definition) is 0. The van der Waals surface area contributed by atoms with Crippen molar-refractivity contribution in [3.63, 3.8) is 0 Å². The number of pyridine rings is 2. The minimum Gasteiger partial charge on any atom is -0.328 e. The molecule has 0 unspecified atom stereocenters. The molecule has 0 bridgehead atoms. The first kappa shape index (κ1) is 16.2. The summed E-state index contributed by atoms with van der Waals surface area (Å²) in [6, 6.07) is 3.61. The van der Waals surface area contributed by atoms with E-state index in [2.05, 4.69) is 51.2 Å². The van der Waals surface area contributed by atoms with Crippen molar-refractivity contribution in [3.8, 4) is 0 Å². The van der Waals surface area contributed by atoms with Gasteiger partial charge in [0.25, 0.3) is 0 Å². The monoisotopic (exact) mass is 351 g/mol. The summed E-state index contributed by atoms with van der Waals surface area (Å²) in [4.78, 5) is 19.0. The van der Waals surface area contributed by atoms with Gasteiger partial charge in [-0.2, -0.15) is 0 Å². The largest absolute Gasteiger partial charge is 0.328 e. The van der Waals surface area contributed by atoms with E-state index in [-0.39, 0.29) is 10.8 Å². The Kier molecular flexibility index (Phi) is 4.54. The molecule has 2 aromatic rings. The lowest BCUT2D eigenvalue weighted by atomic mass is 9.90. The maximum Gasteiger partial charge on any atom is 0.191 e. The SMILES string of the molecule is CN(C)CCn1c(C(C)(C)C)cc(=O)c2cc(Br)cnc21. The highest BCUT2D eigenvalue weighted by molar-refractivity contribution is 9.10. The first-order valence-electron chi connectivity index (χ1n) is 7.04. The minimum atomic E-state index is -0.103. The molecule has 2 aromatic heterocycles. The minimum absolute atomic E-state index is 0.0322. The summed E-state index contributed by atoms with van der Waals surface area (Å²) in [7, 11) is 4.09. The van der Waals surface area contributed by atoms with Crippen LogP contribution in [0, 0.1) is 0 Å². The van der Waals surface area contributed by atoms with Gasteiger partial charge in [0, 0.05) is 40.9 Å². The van der Waals surface area contributed by atoms with Crippen LogP contribution in [0.4, 0.5) is 0 Å². The average Bonchev–Trinajstić information content (AvgIpc) is 2.36. The molecule has 0 saturated heterocycles. The Bertz CT molecular complexity index is 714. The van der Waals surface area contributed by atoms with Gasteiger partial charge in [0.05, 0.1) is 5.39 Å². The number of nitrogens with zero attached hydrogens (tertiary/aromatic N) is 3. The zero-order valence-corrected chi connectivity index (χ0v) is 14.9. The Morgan fingerprint density at radius 3 is 2.52 bits per heavy atom. The summed E-state index contributed by atoms with van der Waals surface area (Å²) in [6.45, 7) is 8.08. The number of rotatable bonds is 3. The van der Waals surface area contributed by atoms with Crippen LogP contribution in [-0.2, 0) is 12.0 Å². The molecular weight excluding hydrogens is 330 g/mol. The zero-order chi connectivity index (χ0) is 15.8. The molecule has 2 rings (SSSR count). The van der Waals surface area contributed by atoms with Gasteiger partial charge >= 0.3 is 0 Å². The molecule has 0 aromatic carbocycles. The van der Waals surface area contributed by atoms with Crippen molar-refractivity contribution in [1.29, 1.82) is 0 Å². The van der Waals surface area contributed by atoms with Crippen LogP contribution in [0.25, 0.3) is 11.0 Å². The second kappa shape index (κ2) is 5.89. The Morgan fingerprint density at radius 1 is 1.29 bits per heavy atom. The Balaban J connectivity index is 2.74. The molecule has 0 saturated carbocycles. The molecule has 0 atom stereocenters. The van der Waals surface area contributed by atoms with E-state index in [0.717, 1.165) is 28.9 Å². The first-order valence-corrected chi connectivity index (χ1v) is 7.84. The van der Waals surface area contributed by atoms with Gasteiger partial charge in [0.15, 0.2) is 5.43 Å². The standard InChI is InChI=1S/C16H22BrN3O/c1-16(2,3)14-9-13(21)12-8-11(17)10-18-15(12)20(14)7-6-19(4)5/h8-10H,6-7H2,1-5H3. The van der Waals surface area contributed by atoms with Crippen LogP contribution >= 0.6 is 15.9 Å². The third-order valence-corrected chi connectivity index (χ3v) is 3.89. The fraction of sp³-hybridized carbons (Fsp3) is 0.500. The van der Waals surface area contributed by atoms with E-state index in [9.17, 15) is 4.79 Å². The smallest absolute Gasteiger partial charge is 0.191 e. The maximum atomic E-state index is 12.4. The Labute approximate surface area is 133 Å². The van der Waals surface area contributed by atoms with E-state index < -0.39 is 0 Å². The molecule has 4 nitrogen and oxygen atoms in total. The Hall–Kier alpha value is -1.20. The highest BCUT2D eigenvalue weighted by Crippen LogP contribution is 2.25. The lowest BCUT2D eigenvalue weighted by molar-refractivity contribution is 0.375. The molecule has 2 heterocycles. The topological polar surface area (TPSA) is 38.1 Å². The second-order valence-electron chi connectivity index (χ2n) is 6.62. The molecule has 0 aliphatic carbocycles. The lowest BCUT2D eigenvalue weighted by Gasteiger charge is -2.26. The number of likely N-dealkylation sites (N-methyl/N-ethyl adjacent to an activating group) is 1. The van der Waals surface area contributed by atoms with Crippen molar-refractivity contribution in [3.05, 3.63) is 38.7 Å². The molecule has 0 aliphatic heterocycles. The van der Waals surface area contributed by atoms with Crippen LogP contribution in [0.5, 0.6) is 0 Å². The molecule has 0 N–H and O–H groups in total. The molecular formula is C16H22BrN3O. The number of fused-ring (bicyclic) bond motifs is 1. The summed E-state index contributed by atoms with van der Waals surface area (Å²) in [6.07, 6.45) is 1.75. The third kappa shape index (κ3) is 3.52. The molecule has 0 spiro atoms. The van der Waals surface area contributed by atoms with Crippen LogP contribution in [0.2, 0.25) is 0 Å². The van der Waals surface area contributed by atoms with Crippen molar-refractivity contribution in [2.75, 3.05) is 20.6 Å². The molecule has 21 heavy (non-hydrogen) atoms. The fourth-order valence-electron chi connectivity index (χ4n) is 2.37. The predicted molar refractivity (Wildman–Crippen MR) is 91.0 cm³/mol. The quantitative estimate of drug-likeness (QED) is 0.852. The fourth-order valence-corrected chi connectivity index (χ4v) is 2.70. The van der Waals surface area contributed by atoms with Gasteiger partial charge in [0.1, 0.15) is 5.65 Å².